The lowest BCUT2D eigenvalue weighted by molar-refractivity contribution is 0.298. The van der Waals surface area contributed by atoms with Crippen molar-refractivity contribution in [1.82, 2.24) is 5.32 Å². The molecule has 1 atom stereocenters. The molecular formula is C34H40NOP. The van der Waals surface area contributed by atoms with Gasteiger partial charge in [-0.05, 0) is 60.3 Å². The van der Waals surface area contributed by atoms with Gasteiger partial charge in [0.05, 0.1) is 0 Å². The molecule has 0 saturated heterocycles. The number of hydrogen-bond acceptors (Lipinski definition) is 2. The van der Waals surface area contributed by atoms with Gasteiger partial charge in [-0.2, -0.15) is 0 Å². The molecule has 0 bridgehead atoms. The molecule has 0 saturated carbocycles. The van der Waals surface area contributed by atoms with E-state index in [1.54, 1.807) is 0 Å². The summed E-state index contributed by atoms with van der Waals surface area (Å²) in [6, 6.07) is 34.6. The largest absolute Gasteiger partial charge is 0.489 e. The summed E-state index contributed by atoms with van der Waals surface area (Å²) in [6.45, 7) is 11.5. The number of benzene rings is 4. The molecule has 37 heavy (non-hydrogen) atoms. The van der Waals surface area contributed by atoms with Crippen molar-refractivity contribution in [2.75, 3.05) is 0 Å². The molecular weight excluding hydrogens is 469 g/mol. The minimum atomic E-state index is 0.0261. The van der Waals surface area contributed by atoms with Gasteiger partial charge in [0.15, 0.2) is 0 Å². The third-order valence-electron chi connectivity index (χ3n) is 7.31. The highest BCUT2D eigenvalue weighted by molar-refractivity contribution is 7.48. The Morgan fingerprint density at radius 1 is 0.730 bits per heavy atom. The number of nitrogens with one attached hydrogen (secondary N) is 1. The number of ether oxygens (including phenoxy) is 1. The van der Waals surface area contributed by atoms with E-state index in [1.165, 1.54) is 38.7 Å². The van der Waals surface area contributed by atoms with Crippen molar-refractivity contribution in [2.45, 2.75) is 65.4 Å². The van der Waals surface area contributed by atoms with Crippen LogP contribution in [0.25, 0.3) is 0 Å². The smallest absolute Gasteiger partial charge is 0.123 e. The van der Waals surface area contributed by atoms with Gasteiger partial charge in [0.25, 0.3) is 0 Å². The zero-order valence-corrected chi connectivity index (χ0v) is 23.7. The van der Waals surface area contributed by atoms with E-state index in [4.69, 9.17) is 4.74 Å². The lowest BCUT2D eigenvalue weighted by Crippen LogP contribution is -2.26. The Bertz CT molecular complexity index is 1270. The van der Waals surface area contributed by atoms with E-state index in [0.29, 0.717) is 15.2 Å². The van der Waals surface area contributed by atoms with Gasteiger partial charge in [-0.1, -0.05) is 119 Å². The summed E-state index contributed by atoms with van der Waals surface area (Å²) in [5.41, 5.74) is 7.92. The fourth-order valence-electron chi connectivity index (χ4n) is 4.99. The molecule has 2 nitrogen and oxygen atoms in total. The SMILES string of the molecule is CCC(CC)(Pc1c(C)cccc1CNCc1ccccc1)c1cc(C)ccc1OCc1ccccc1. The standard InChI is InChI=1S/C34H40NOP/c1-5-34(6-2,31-22-26(3)20-21-32(31)36-25-29-17-11-8-12-18-29)37-33-27(4)14-13-19-30(33)24-35-23-28-15-9-7-10-16-28/h7-22,35,37H,5-6,23-25H2,1-4H3. The molecule has 4 rings (SSSR count). The van der Waals surface area contributed by atoms with Crippen molar-refractivity contribution in [3.05, 3.63) is 130 Å². The molecule has 0 spiro atoms. The van der Waals surface area contributed by atoms with Crippen LogP contribution in [0.1, 0.15) is 60.1 Å². The van der Waals surface area contributed by atoms with E-state index >= 15 is 0 Å². The van der Waals surface area contributed by atoms with Crippen molar-refractivity contribution in [3.63, 3.8) is 0 Å². The fraction of sp³-hybridized carbons (Fsp3) is 0.294. The van der Waals surface area contributed by atoms with Crippen LogP contribution in [0.2, 0.25) is 0 Å². The molecule has 4 aromatic carbocycles. The van der Waals surface area contributed by atoms with Gasteiger partial charge in [0.1, 0.15) is 12.4 Å². The lowest BCUT2D eigenvalue weighted by Gasteiger charge is -2.35. The maximum Gasteiger partial charge on any atom is 0.123 e. The Kier molecular flexibility index (Phi) is 9.56. The minimum absolute atomic E-state index is 0.0261. The quantitative estimate of drug-likeness (QED) is 0.194. The van der Waals surface area contributed by atoms with E-state index in [-0.39, 0.29) is 5.16 Å². The Labute approximate surface area is 225 Å². The van der Waals surface area contributed by atoms with Gasteiger partial charge >= 0.3 is 0 Å². The average molecular weight is 510 g/mol. The highest BCUT2D eigenvalue weighted by atomic mass is 31.1. The molecule has 0 amide bonds. The summed E-state index contributed by atoms with van der Waals surface area (Å²) < 4.78 is 6.49. The monoisotopic (exact) mass is 509 g/mol. The van der Waals surface area contributed by atoms with Crippen LogP contribution in [0.15, 0.2) is 97.1 Å². The third kappa shape index (κ3) is 6.89. The first-order valence-corrected chi connectivity index (χ1v) is 14.4. The van der Waals surface area contributed by atoms with Crippen LogP contribution in [0.3, 0.4) is 0 Å². The molecule has 1 unspecified atom stereocenters. The summed E-state index contributed by atoms with van der Waals surface area (Å²) in [5, 5.41) is 5.20. The first-order chi connectivity index (χ1) is 18.0. The van der Waals surface area contributed by atoms with E-state index in [2.05, 4.69) is 130 Å². The maximum atomic E-state index is 6.49. The second-order valence-electron chi connectivity index (χ2n) is 9.89. The van der Waals surface area contributed by atoms with Gasteiger partial charge < -0.3 is 10.1 Å². The van der Waals surface area contributed by atoms with Gasteiger partial charge in [0.2, 0.25) is 0 Å². The average Bonchev–Trinajstić information content (AvgIpc) is 2.93. The molecule has 3 heteroatoms. The molecule has 0 aliphatic heterocycles. The summed E-state index contributed by atoms with van der Waals surface area (Å²) >= 11 is 0. The van der Waals surface area contributed by atoms with Crippen LogP contribution in [0.4, 0.5) is 0 Å². The molecule has 4 aromatic rings. The Morgan fingerprint density at radius 3 is 2.08 bits per heavy atom. The number of aryl methyl sites for hydroxylation is 2. The second kappa shape index (κ2) is 13.0. The first kappa shape index (κ1) is 27.1. The summed E-state index contributed by atoms with van der Waals surface area (Å²) in [6.07, 6.45) is 2.14. The summed E-state index contributed by atoms with van der Waals surface area (Å²) in [5.74, 6) is 1.02. The van der Waals surface area contributed by atoms with Gasteiger partial charge in [-0.3, -0.25) is 0 Å². The van der Waals surface area contributed by atoms with Crippen molar-refractivity contribution >= 4 is 13.9 Å². The Hall–Kier alpha value is -2.93. The number of rotatable bonds is 12. The third-order valence-corrected chi connectivity index (χ3v) is 9.73. The van der Waals surface area contributed by atoms with Crippen molar-refractivity contribution in [1.29, 1.82) is 0 Å². The summed E-state index contributed by atoms with van der Waals surface area (Å²) in [7, 11) is 0.662. The van der Waals surface area contributed by atoms with E-state index in [9.17, 15) is 0 Å². The molecule has 0 fully saturated rings. The van der Waals surface area contributed by atoms with Crippen LogP contribution in [0, 0.1) is 13.8 Å². The zero-order chi connectivity index (χ0) is 26.1. The van der Waals surface area contributed by atoms with E-state index in [0.717, 1.165) is 31.7 Å². The Balaban J connectivity index is 1.62. The predicted molar refractivity (Wildman–Crippen MR) is 160 cm³/mol. The molecule has 0 aliphatic rings. The highest BCUT2D eigenvalue weighted by Gasteiger charge is 2.33. The van der Waals surface area contributed by atoms with E-state index < -0.39 is 0 Å². The fourth-order valence-corrected chi connectivity index (χ4v) is 6.76. The minimum Gasteiger partial charge on any atom is -0.489 e. The Morgan fingerprint density at radius 2 is 1.41 bits per heavy atom. The highest BCUT2D eigenvalue weighted by Crippen LogP contribution is 2.51. The van der Waals surface area contributed by atoms with Gasteiger partial charge in [-0.25, -0.2) is 0 Å². The topological polar surface area (TPSA) is 21.3 Å². The molecule has 1 N–H and O–H groups in total. The van der Waals surface area contributed by atoms with Crippen molar-refractivity contribution in [2.24, 2.45) is 0 Å². The van der Waals surface area contributed by atoms with Crippen molar-refractivity contribution < 1.29 is 4.74 Å². The van der Waals surface area contributed by atoms with Gasteiger partial charge in [-0.15, -0.1) is 0 Å². The van der Waals surface area contributed by atoms with Crippen LogP contribution in [-0.4, -0.2) is 0 Å². The van der Waals surface area contributed by atoms with Crippen LogP contribution < -0.4 is 15.4 Å². The molecule has 0 heterocycles. The molecule has 192 valence electrons. The lowest BCUT2D eigenvalue weighted by atomic mass is 9.90. The molecule has 0 aromatic heterocycles. The van der Waals surface area contributed by atoms with Crippen LogP contribution in [-0.2, 0) is 24.9 Å². The first-order valence-electron chi connectivity index (χ1n) is 13.4. The molecule has 0 aliphatic carbocycles. The van der Waals surface area contributed by atoms with Crippen LogP contribution >= 0.6 is 8.58 Å². The second-order valence-corrected chi connectivity index (χ2v) is 11.6. The predicted octanol–water partition coefficient (Wildman–Crippen LogP) is 8.19. The zero-order valence-electron chi connectivity index (χ0n) is 22.7. The van der Waals surface area contributed by atoms with Crippen LogP contribution in [0.5, 0.6) is 5.75 Å². The number of hydrogen-bond donors (Lipinski definition) is 1. The molecule has 0 radical (unpaired) electrons. The maximum absolute atomic E-state index is 6.49. The normalized spacial score (nSPS) is 11.8. The summed E-state index contributed by atoms with van der Waals surface area (Å²) in [4.78, 5) is 0. The van der Waals surface area contributed by atoms with Crippen molar-refractivity contribution in [3.8, 4) is 5.75 Å². The van der Waals surface area contributed by atoms with Gasteiger partial charge in [0, 0.05) is 23.8 Å². The van der Waals surface area contributed by atoms with E-state index in [1.807, 2.05) is 0 Å².